The number of methoxy groups -OCH3 is 1. The molecule has 1 aromatic carbocycles. The third-order valence-electron chi connectivity index (χ3n) is 10.6. The number of rotatable bonds is 11. The van der Waals surface area contributed by atoms with Gasteiger partial charge in [-0.15, -0.1) is 11.3 Å². The van der Waals surface area contributed by atoms with Crippen molar-refractivity contribution in [1.82, 2.24) is 15.3 Å². The molecule has 8 nitrogen and oxygen atoms in total. The number of amides is 1. The second-order valence-electron chi connectivity index (χ2n) is 16.3. The fraction of sp³-hybridized carbons (Fsp3) is 0.658. The highest BCUT2D eigenvalue weighted by molar-refractivity contribution is 7.19. The number of nitrogens with one attached hydrogen (secondary N) is 1. The molecule has 2 aliphatic carbocycles. The lowest BCUT2D eigenvalue weighted by Crippen LogP contribution is -2.45. The maximum Gasteiger partial charge on any atom is 0.407 e. The van der Waals surface area contributed by atoms with Crippen LogP contribution in [0.2, 0.25) is 18.1 Å². The first-order chi connectivity index (χ1) is 22.6. The molecule has 264 valence electrons. The Morgan fingerprint density at radius 1 is 1.04 bits per heavy atom. The molecule has 0 saturated heterocycles. The number of aromatic nitrogens is 2. The molecule has 2 heterocycles. The number of ether oxygens (including phenoxy) is 2. The molecular weight excluding hydrogens is 637 g/mol. The van der Waals surface area contributed by atoms with E-state index in [1.165, 1.54) is 21.4 Å². The van der Waals surface area contributed by atoms with Gasteiger partial charge in [0.1, 0.15) is 28.3 Å². The van der Waals surface area contributed by atoms with Gasteiger partial charge in [0.15, 0.2) is 8.32 Å². The standard InChI is InChI=1S/C38H58N4O4SSi/c1-11-29(46-48(9,10)38(5,6)7)22-26-14-21-31-32(26)33-34(39-24-40-35(33)47-31)42(23-25-12-19-30(44-8)20-13-25)28-17-15-27(16-18-28)41-36(43)45-37(2,3)4/h12-13,19-20,24,26-29H,11,14-18,21-23H2,1-10H3,(H,41,43)/t26-,27?,28?,29?/m1/s1. The van der Waals surface area contributed by atoms with Crippen LogP contribution in [0, 0.1) is 0 Å². The summed E-state index contributed by atoms with van der Waals surface area (Å²) in [6.45, 7) is 20.4. The molecule has 1 amide bonds. The van der Waals surface area contributed by atoms with Crippen LogP contribution < -0.4 is 15.0 Å². The number of carbonyl (C=O) groups is 1. The molecule has 5 rings (SSSR count). The predicted octanol–water partition coefficient (Wildman–Crippen LogP) is 9.76. The topological polar surface area (TPSA) is 85.8 Å². The van der Waals surface area contributed by atoms with Crippen LogP contribution in [-0.4, -0.2) is 55.3 Å². The van der Waals surface area contributed by atoms with E-state index < -0.39 is 13.9 Å². The van der Waals surface area contributed by atoms with Gasteiger partial charge in [-0.3, -0.25) is 0 Å². The predicted molar refractivity (Wildman–Crippen MR) is 200 cm³/mol. The van der Waals surface area contributed by atoms with Crippen LogP contribution in [0.4, 0.5) is 10.6 Å². The van der Waals surface area contributed by atoms with Gasteiger partial charge < -0.3 is 24.1 Å². The zero-order valence-electron chi connectivity index (χ0n) is 30.9. The summed E-state index contributed by atoms with van der Waals surface area (Å²) in [5.41, 5.74) is 2.17. The minimum absolute atomic E-state index is 0.103. The Bertz CT molecular complexity index is 1540. The molecule has 0 radical (unpaired) electrons. The number of hydrogen-bond donors (Lipinski definition) is 1. The van der Waals surface area contributed by atoms with Crippen molar-refractivity contribution in [1.29, 1.82) is 0 Å². The highest BCUT2D eigenvalue weighted by Gasteiger charge is 2.40. The molecule has 2 aliphatic rings. The summed E-state index contributed by atoms with van der Waals surface area (Å²) in [7, 11) is -0.188. The van der Waals surface area contributed by atoms with Gasteiger partial charge >= 0.3 is 6.09 Å². The van der Waals surface area contributed by atoms with E-state index in [0.29, 0.717) is 5.92 Å². The number of hydrogen-bond acceptors (Lipinski definition) is 8. The molecule has 0 spiro atoms. The lowest BCUT2D eigenvalue weighted by atomic mass is 9.89. The Morgan fingerprint density at radius 3 is 2.33 bits per heavy atom. The number of nitrogens with zero attached hydrogens (tertiary/aromatic N) is 3. The summed E-state index contributed by atoms with van der Waals surface area (Å²) in [5.74, 6) is 2.33. The molecule has 1 fully saturated rings. The SMILES string of the molecule is CCC(C[C@H]1CCc2sc3ncnc(N(Cc4ccc(OC)cc4)C4CCC(NC(=O)OC(C)(C)C)CC4)c3c21)O[Si](C)(C)C(C)(C)C. The van der Waals surface area contributed by atoms with Crippen LogP contribution in [0.1, 0.15) is 115 Å². The van der Waals surface area contributed by atoms with Crippen molar-refractivity contribution in [2.45, 2.75) is 154 Å². The maximum atomic E-state index is 12.6. The van der Waals surface area contributed by atoms with Gasteiger partial charge in [0.05, 0.1) is 12.5 Å². The summed E-state index contributed by atoms with van der Waals surface area (Å²) in [4.78, 5) is 27.6. The largest absolute Gasteiger partial charge is 0.497 e. The second kappa shape index (κ2) is 14.7. The molecule has 1 N–H and O–H groups in total. The monoisotopic (exact) mass is 694 g/mol. The van der Waals surface area contributed by atoms with Crippen molar-refractivity contribution in [3.63, 3.8) is 0 Å². The van der Waals surface area contributed by atoms with Crippen LogP contribution in [0.25, 0.3) is 10.2 Å². The molecule has 48 heavy (non-hydrogen) atoms. The van der Waals surface area contributed by atoms with Crippen molar-refractivity contribution in [3.05, 3.63) is 46.6 Å². The summed E-state index contributed by atoms with van der Waals surface area (Å²) < 4.78 is 18.0. The smallest absolute Gasteiger partial charge is 0.407 e. The van der Waals surface area contributed by atoms with Crippen LogP contribution >= 0.6 is 11.3 Å². The molecule has 3 aromatic rings. The number of thiophene rings is 1. The first kappa shape index (κ1) is 36.6. The molecule has 0 aliphatic heterocycles. The Kier molecular flexibility index (Phi) is 11.2. The Labute approximate surface area is 293 Å². The fourth-order valence-corrected chi connectivity index (χ4v) is 9.71. The molecule has 10 heteroatoms. The number of benzene rings is 1. The van der Waals surface area contributed by atoms with E-state index in [9.17, 15) is 4.79 Å². The number of aryl methyl sites for hydroxylation is 1. The van der Waals surface area contributed by atoms with E-state index in [4.69, 9.17) is 23.9 Å². The molecule has 1 saturated carbocycles. The van der Waals surface area contributed by atoms with Crippen molar-refractivity contribution in [2.24, 2.45) is 0 Å². The zero-order valence-corrected chi connectivity index (χ0v) is 32.8. The van der Waals surface area contributed by atoms with Crippen LogP contribution in [0.15, 0.2) is 30.6 Å². The minimum atomic E-state index is -1.89. The van der Waals surface area contributed by atoms with Crippen LogP contribution in [-0.2, 0) is 22.1 Å². The van der Waals surface area contributed by atoms with E-state index in [0.717, 1.165) is 74.3 Å². The molecule has 1 unspecified atom stereocenters. The van der Waals surface area contributed by atoms with Crippen molar-refractivity contribution in [3.8, 4) is 5.75 Å². The maximum absolute atomic E-state index is 12.6. The average Bonchev–Trinajstić information content (AvgIpc) is 3.58. The first-order valence-electron chi connectivity index (χ1n) is 17.9. The van der Waals surface area contributed by atoms with Gasteiger partial charge in [-0.25, -0.2) is 14.8 Å². The highest BCUT2D eigenvalue weighted by atomic mass is 32.1. The third-order valence-corrected chi connectivity index (χ3v) is 16.3. The molecular formula is C38H58N4O4SSi. The normalized spacial score (nSPS) is 20.8. The third kappa shape index (κ3) is 8.53. The van der Waals surface area contributed by atoms with E-state index in [1.54, 1.807) is 13.4 Å². The second-order valence-corrected chi connectivity index (χ2v) is 22.2. The number of alkyl carbamates (subject to hydrolysis) is 1. The lowest BCUT2D eigenvalue weighted by Gasteiger charge is -2.40. The van der Waals surface area contributed by atoms with E-state index in [2.05, 4.69) is 63.1 Å². The number of fused-ring (bicyclic) bond motifs is 3. The Morgan fingerprint density at radius 2 is 1.73 bits per heavy atom. The molecule has 2 atom stereocenters. The van der Waals surface area contributed by atoms with Crippen LogP contribution in [0.5, 0.6) is 5.75 Å². The summed E-state index contributed by atoms with van der Waals surface area (Å²) >= 11 is 1.86. The fourth-order valence-electron chi connectivity index (χ4n) is 7.03. The average molecular weight is 695 g/mol. The van der Waals surface area contributed by atoms with Gasteiger partial charge in [0.25, 0.3) is 0 Å². The quantitative estimate of drug-likeness (QED) is 0.200. The zero-order chi connectivity index (χ0) is 34.9. The van der Waals surface area contributed by atoms with Gasteiger partial charge in [-0.05, 0) is 119 Å². The Hall–Kier alpha value is -2.69. The summed E-state index contributed by atoms with van der Waals surface area (Å²) in [6, 6.07) is 8.77. The van der Waals surface area contributed by atoms with Gasteiger partial charge in [-0.1, -0.05) is 39.8 Å². The number of carbonyl (C=O) groups excluding carboxylic acids is 1. The summed E-state index contributed by atoms with van der Waals surface area (Å²) in [6.07, 6.45) is 9.67. The first-order valence-corrected chi connectivity index (χ1v) is 21.6. The summed E-state index contributed by atoms with van der Waals surface area (Å²) in [5, 5.41) is 4.55. The van der Waals surface area contributed by atoms with E-state index >= 15 is 0 Å². The van der Waals surface area contributed by atoms with Gasteiger partial charge in [0.2, 0.25) is 0 Å². The van der Waals surface area contributed by atoms with Crippen LogP contribution in [0.3, 0.4) is 0 Å². The van der Waals surface area contributed by atoms with Crippen molar-refractivity contribution in [2.75, 3.05) is 12.0 Å². The van der Waals surface area contributed by atoms with E-state index in [-0.39, 0.29) is 29.3 Å². The van der Waals surface area contributed by atoms with E-state index in [1.807, 2.05) is 44.2 Å². The highest BCUT2D eigenvalue weighted by Crippen LogP contribution is 2.49. The number of anilines is 1. The minimum Gasteiger partial charge on any atom is -0.497 e. The van der Waals surface area contributed by atoms with Gasteiger partial charge in [0, 0.05) is 29.6 Å². The van der Waals surface area contributed by atoms with Crippen molar-refractivity contribution >= 4 is 41.8 Å². The van der Waals surface area contributed by atoms with Gasteiger partial charge in [-0.2, -0.15) is 0 Å². The molecule has 2 aromatic heterocycles. The Balaban J connectivity index is 1.45. The van der Waals surface area contributed by atoms with Crippen molar-refractivity contribution < 1.29 is 18.7 Å². The lowest BCUT2D eigenvalue weighted by molar-refractivity contribution is 0.0491. The molecule has 0 bridgehead atoms.